The highest BCUT2D eigenvalue weighted by atomic mass is 19.1. The van der Waals surface area contributed by atoms with Gasteiger partial charge in [0.1, 0.15) is 11.5 Å². The van der Waals surface area contributed by atoms with Crippen LogP contribution < -0.4 is 4.74 Å². The molecule has 0 fully saturated rings. The van der Waals surface area contributed by atoms with Crippen LogP contribution in [0.4, 0.5) is 4.39 Å². The lowest BCUT2D eigenvalue weighted by atomic mass is 9.66. The number of halogens is 1. The fourth-order valence-corrected chi connectivity index (χ4v) is 4.76. The number of Topliss-reactive ketones (excluding diaryl/α,β-unsaturated/α-hetero) is 2. The van der Waals surface area contributed by atoms with Gasteiger partial charge in [-0.25, -0.2) is 4.39 Å². The van der Waals surface area contributed by atoms with E-state index in [0.717, 1.165) is 0 Å². The SMILES string of the molecule is CC1(C)CC(=O)C(C2C3=C(CC(C)(C)CC3=O)Oc3c(F)cccc32)=C(O)C1. The minimum atomic E-state index is -0.776. The molecule has 0 bridgehead atoms. The summed E-state index contributed by atoms with van der Waals surface area (Å²) in [4.78, 5) is 26.1. The average Bonchev–Trinajstić information content (AvgIpc) is 2.52. The summed E-state index contributed by atoms with van der Waals surface area (Å²) < 4.78 is 20.5. The van der Waals surface area contributed by atoms with Crippen LogP contribution in [0.1, 0.15) is 64.9 Å². The van der Waals surface area contributed by atoms with Crippen LogP contribution in [0.25, 0.3) is 0 Å². The fourth-order valence-electron chi connectivity index (χ4n) is 4.76. The lowest BCUT2D eigenvalue weighted by Crippen LogP contribution is -2.36. The molecule has 1 atom stereocenters. The van der Waals surface area contributed by atoms with Gasteiger partial charge in [0, 0.05) is 42.4 Å². The Morgan fingerprint density at radius 2 is 1.57 bits per heavy atom. The van der Waals surface area contributed by atoms with Crippen LogP contribution in [-0.4, -0.2) is 16.7 Å². The third kappa shape index (κ3) is 2.97. The van der Waals surface area contributed by atoms with Gasteiger partial charge in [-0.3, -0.25) is 9.59 Å². The first kappa shape index (κ1) is 18.9. The van der Waals surface area contributed by atoms with Crippen LogP contribution >= 0.6 is 0 Å². The second-order valence-electron chi connectivity index (χ2n) is 9.77. The molecule has 5 heteroatoms. The van der Waals surface area contributed by atoms with E-state index in [4.69, 9.17) is 4.74 Å². The van der Waals surface area contributed by atoms with Crippen LogP contribution in [-0.2, 0) is 9.59 Å². The molecule has 1 unspecified atom stereocenters. The second kappa shape index (κ2) is 6.03. The summed E-state index contributed by atoms with van der Waals surface area (Å²) in [5.74, 6) is -1.15. The van der Waals surface area contributed by atoms with Gasteiger partial charge in [0.2, 0.25) is 0 Å². The number of carbonyl (C=O) groups excluding carboxylic acids is 2. The number of aliphatic hydroxyl groups is 1. The van der Waals surface area contributed by atoms with Crippen LogP contribution in [0, 0.1) is 16.6 Å². The molecule has 2 aliphatic carbocycles. The Hall–Kier alpha value is -2.43. The molecule has 148 valence electrons. The number of allylic oxidation sites excluding steroid dienone is 4. The Kier molecular flexibility index (Phi) is 4.07. The number of hydrogen-bond acceptors (Lipinski definition) is 4. The van der Waals surface area contributed by atoms with Gasteiger partial charge in [-0.2, -0.15) is 0 Å². The van der Waals surface area contributed by atoms with E-state index in [9.17, 15) is 19.1 Å². The minimum absolute atomic E-state index is 0.00663. The highest BCUT2D eigenvalue weighted by molar-refractivity contribution is 6.06. The molecule has 1 N–H and O–H groups in total. The van der Waals surface area contributed by atoms with E-state index in [1.807, 2.05) is 27.7 Å². The molecular formula is C23H25FO4. The van der Waals surface area contributed by atoms with Crippen LogP contribution in [0.2, 0.25) is 0 Å². The minimum Gasteiger partial charge on any atom is -0.512 e. The van der Waals surface area contributed by atoms with Crippen molar-refractivity contribution < 1.29 is 23.8 Å². The molecule has 28 heavy (non-hydrogen) atoms. The highest BCUT2D eigenvalue weighted by Gasteiger charge is 2.47. The van der Waals surface area contributed by atoms with Crippen molar-refractivity contribution in [2.75, 3.05) is 0 Å². The third-order valence-corrected chi connectivity index (χ3v) is 5.89. The maximum Gasteiger partial charge on any atom is 0.166 e. The van der Waals surface area contributed by atoms with E-state index in [-0.39, 0.29) is 45.9 Å². The van der Waals surface area contributed by atoms with Crippen LogP contribution in [0.3, 0.4) is 0 Å². The van der Waals surface area contributed by atoms with Crippen molar-refractivity contribution in [3.8, 4) is 5.75 Å². The summed E-state index contributed by atoms with van der Waals surface area (Å²) in [5, 5.41) is 10.8. The predicted octanol–water partition coefficient (Wildman–Crippen LogP) is 5.15. The van der Waals surface area contributed by atoms with Gasteiger partial charge in [0.05, 0.1) is 5.92 Å². The van der Waals surface area contributed by atoms with Crippen molar-refractivity contribution in [3.05, 3.63) is 52.2 Å². The smallest absolute Gasteiger partial charge is 0.166 e. The number of benzene rings is 1. The summed E-state index contributed by atoms with van der Waals surface area (Å²) in [6, 6.07) is 4.52. The normalized spacial score (nSPS) is 26.0. The number of para-hydroxylation sites is 1. The molecule has 0 amide bonds. The van der Waals surface area contributed by atoms with Crippen molar-refractivity contribution in [1.29, 1.82) is 0 Å². The molecular weight excluding hydrogens is 359 g/mol. The second-order valence-corrected chi connectivity index (χ2v) is 9.77. The van der Waals surface area contributed by atoms with Crippen LogP contribution in [0.15, 0.2) is 40.9 Å². The Balaban J connectivity index is 1.96. The zero-order valence-corrected chi connectivity index (χ0v) is 16.7. The molecule has 3 aliphatic rings. The lowest BCUT2D eigenvalue weighted by Gasteiger charge is -2.40. The Labute approximate surface area is 164 Å². The number of fused-ring (bicyclic) bond motifs is 1. The van der Waals surface area contributed by atoms with Gasteiger partial charge in [0.25, 0.3) is 0 Å². The number of hydrogen-bond donors (Lipinski definition) is 1. The summed E-state index contributed by atoms with van der Waals surface area (Å²) in [6.45, 7) is 7.78. The molecule has 1 aromatic rings. The highest BCUT2D eigenvalue weighted by Crippen LogP contribution is 2.53. The topological polar surface area (TPSA) is 63.6 Å². The quantitative estimate of drug-likeness (QED) is 0.728. The molecule has 0 spiro atoms. The largest absolute Gasteiger partial charge is 0.512 e. The van der Waals surface area contributed by atoms with Crippen molar-refractivity contribution in [3.63, 3.8) is 0 Å². The molecule has 0 radical (unpaired) electrons. The van der Waals surface area contributed by atoms with Gasteiger partial charge >= 0.3 is 0 Å². The number of aliphatic hydroxyl groups excluding tert-OH is 1. The maximum atomic E-state index is 14.6. The Bertz CT molecular complexity index is 965. The summed E-state index contributed by atoms with van der Waals surface area (Å²) in [7, 11) is 0. The first-order valence-corrected chi connectivity index (χ1v) is 9.67. The average molecular weight is 384 g/mol. The molecule has 0 saturated carbocycles. The maximum absolute atomic E-state index is 14.6. The van der Waals surface area contributed by atoms with E-state index in [0.29, 0.717) is 36.2 Å². The van der Waals surface area contributed by atoms with E-state index < -0.39 is 11.7 Å². The van der Waals surface area contributed by atoms with Gasteiger partial charge in [0.15, 0.2) is 23.1 Å². The monoisotopic (exact) mass is 384 g/mol. The molecule has 1 aliphatic heterocycles. The predicted molar refractivity (Wildman–Crippen MR) is 102 cm³/mol. The van der Waals surface area contributed by atoms with Gasteiger partial charge < -0.3 is 9.84 Å². The van der Waals surface area contributed by atoms with Gasteiger partial charge in [-0.1, -0.05) is 39.8 Å². The molecule has 1 heterocycles. The summed E-state index contributed by atoms with van der Waals surface area (Å²) >= 11 is 0. The fraction of sp³-hybridized carbons (Fsp3) is 0.478. The Morgan fingerprint density at radius 1 is 0.964 bits per heavy atom. The summed E-state index contributed by atoms with van der Waals surface area (Å²) in [5.41, 5.74) is 0.387. The molecule has 0 aromatic heterocycles. The van der Waals surface area contributed by atoms with Crippen molar-refractivity contribution in [2.24, 2.45) is 10.8 Å². The van der Waals surface area contributed by atoms with Gasteiger partial charge in [-0.05, 0) is 16.9 Å². The molecule has 0 saturated heterocycles. The zero-order chi connectivity index (χ0) is 20.4. The summed E-state index contributed by atoms with van der Waals surface area (Å²) in [6.07, 6.45) is 1.42. The van der Waals surface area contributed by atoms with Crippen molar-refractivity contribution in [2.45, 2.75) is 59.3 Å². The van der Waals surface area contributed by atoms with Gasteiger partial charge in [-0.15, -0.1) is 0 Å². The van der Waals surface area contributed by atoms with E-state index >= 15 is 0 Å². The third-order valence-electron chi connectivity index (χ3n) is 5.89. The zero-order valence-electron chi connectivity index (χ0n) is 16.7. The number of ketones is 2. The Morgan fingerprint density at radius 3 is 2.21 bits per heavy atom. The van der Waals surface area contributed by atoms with Crippen molar-refractivity contribution >= 4 is 11.6 Å². The van der Waals surface area contributed by atoms with E-state index in [2.05, 4.69) is 0 Å². The number of rotatable bonds is 1. The molecule has 1 aromatic carbocycles. The van der Waals surface area contributed by atoms with Crippen molar-refractivity contribution in [1.82, 2.24) is 0 Å². The first-order chi connectivity index (χ1) is 13.0. The van der Waals surface area contributed by atoms with E-state index in [1.165, 1.54) is 6.07 Å². The molecule has 4 nitrogen and oxygen atoms in total. The first-order valence-electron chi connectivity index (χ1n) is 9.67. The molecule has 4 rings (SSSR count). The van der Waals surface area contributed by atoms with E-state index in [1.54, 1.807) is 12.1 Å². The van der Waals surface area contributed by atoms with Crippen LogP contribution in [0.5, 0.6) is 5.75 Å². The lowest BCUT2D eigenvalue weighted by molar-refractivity contribution is -0.119. The standard InChI is InChI=1S/C23H25FO4/c1-22(2)8-14(25)19(15(26)9-22)18-12-6-5-7-13(24)21(12)28-17-11-23(3,4)10-16(27)20(17)18/h5-7,18,25H,8-11H2,1-4H3. The number of carbonyl (C=O) groups is 2. The number of ether oxygens (including phenoxy) is 1.